The molecule has 0 unspecified atom stereocenters. The molecule has 1 saturated heterocycles. The van der Waals surface area contributed by atoms with Gasteiger partial charge in [0.2, 0.25) is 0 Å². The highest BCUT2D eigenvalue weighted by atomic mass is 16.1. The average molecular weight is 393 g/mol. The van der Waals surface area contributed by atoms with Gasteiger partial charge in [-0.3, -0.25) is 14.7 Å². The number of aromatic nitrogens is 1. The number of nitrogens with zero attached hydrogens (tertiary/aromatic N) is 3. The van der Waals surface area contributed by atoms with Crippen molar-refractivity contribution < 1.29 is 4.79 Å². The van der Waals surface area contributed by atoms with Crippen molar-refractivity contribution in [3.05, 3.63) is 59.4 Å². The third-order valence-corrected chi connectivity index (χ3v) is 6.64. The van der Waals surface area contributed by atoms with Crippen LogP contribution < -0.4 is 10.2 Å². The van der Waals surface area contributed by atoms with Gasteiger partial charge in [-0.1, -0.05) is 12.1 Å². The minimum absolute atomic E-state index is 0.00381. The van der Waals surface area contributed by atoms with E-state index in [-0.39, 0.29) is 5.91 Å². The van der Waals surface area contributed by atoms with Crippen molar-refractivity contribution in [1.29, 1.82) is 0 Å². The van der Waals surface area contributed by atoms with E-state index in [0.717, 1.165) is 44.9 Å². The summed E-state index contributed by atoms with van der Waals surface area (Å²) >= 11 is 0. The van der Waals surface area contributed by atoms with Gasteiger partial charge in [-0.25, -0.2) is 0 Å². The molecule has 0 radical (unpaired) electrons. The first kappa shape index (κ1) is 19.9. The van der Waals surface area contributed by atoms with Gasteiger partial charge in [-0.05, 0) is 74.9 Å². The molecule has 0 atom stereocenters. The highest BCUT2D eigenvalue weighted by Crippen LogP contribution is 2.31. The summed E-state index contributed by atoms with van der Waals surface area (Å²) in [6, 6.07) is 10.6. The van der Waals surface area contributed by atoms with Gasteiger partial charge in [0.05, 0.1) is 5.56 Å². The zero-order valence-electron chi connectivity index (χ0n) is 17.6. The van der Waals surface area contributed by atoms with E-state index in [4.69, 9.17) is 0 Å². The summed E-state index contributed by atoms with van der Waals surface area (Å²) in [6.07, 6.45) is 6.77. The maximum Gasteiger partial charge on any atom is 0.253 e. The van der Waals surface area contributed by atoms with E-state index in [0.29, 0.717) is 11.6 Å². The smallest absolute Gasteiger partial charge is 0.253 e. The summed E-state index contributed by atoms with van der Waals surface area (Å²) in [4.78, 5) is 21.3. The third kappa shape index (κ3) is 4.78. The Balaban J connectivity index is 1.15. The second-order valence-electron chi connectivity index (χ2n) is 8.59. The third-order valence-electron chi connectivity index (χ3n) is 6.64. The zero-order chi connectivity index (χ0) is 20.2. The molecular formula is C24H32N4O. The van der Waals surface area contributed by atoms with E-state index in [1.165, 1.54) is 29.8 Å². The second-order valence-corrected chi connectivity index (χ2v) is 8.59. The van der Waals surface area contributed by atoms with Gasteiger partial charge in [0.1, 0.15) is 0 Å². The van der Waals surface area contributed by atoms with Crippen LogP contribution in [0.4, 0.5) is 5.69 Å². The van der Waals surface area contributed by atoms with E-state index < -0.39 is 0 Å². The Morgan fingerprint density at radius 2 is 1.90 bits per heavy atom. The molecule has 4 rings (SSSR count). The standard InChI is InChI=1S/C24H32N4O/c1-18-5-3-7-23(19(18)2)28-13-11-27(12-14-28)10-8-20-15-22(16-20)26-24(29)21-6-4-9-25-17-21/h3-7,9,17,20,22H,8,10-16H2,1-2H3,(H,26,29). The van der Waals surface area contributed by atoms with Gasteiger partial charge in [-0.15, -0.1) is 0 Å². The fraction of sp³-hybridized carbons (Fsp3) is 0.500. The van der Waals surface area contributed by atoms with Crippen molar-refractivity contribution in [2.24, 2.45) is 5.92 Å². The van der Waals surface area contributed by atoms with Crippen molar-refractivity contribution in [2.75, 3.05) is 37.6 Å². The van der Waals surface area contributed by atoms with Crippen molar-refractivity contribution in [3.63, 3.8) is 0 Å². The molecule has 2 aliphatic rings. The molecule has 5 heteroatoms. The van der Waals surface area contributed by atoms with Gasteiger partial charge < -0.3 is 10.2 Å². The number of nitrogens with one attached hydrogen (secondary N) is 1. The van der Waals surface area contributed by atoms with E-state index in [9.17, 15) is 4.79 Å². The van der Waals surface area contributed by atoms with Crippen LogP contribution in [0, 0.1) is 19.8 Å². The Kier molecular flexibility index (Phi) is 6.14. The van der Waals surface area contributed by atoms with Gasteiger partial charge in [0.25, 0.3) is 5.91 Å². The Hall–Kier alpha value is -2.40. The van der Waals surface area contributed by atoms with Crippen LogP contribution in [0.1, 0.15) is 40.7 Å². The van der Waals surface area contributed by atoms with Gasteiger partial charge in [-0.2, -0.15) is 0 Å². The van der Waals surface area contributed by atoms with Crippen molar-refractivity contribution in [3.8, 4) is 0 Å². The normalized spacial score (nSPS) is 22.2. The van der Waals surface area contributed by atoms with E-state index >= 15 is 0 Å². The monoisotopic (exact) mass is 392 g/mol. The van der Waals surface area contributed by atoms with Crippen LogP contribution in [0.3, 0.4) is 0 Å². The number of benzene rings is 1. The lowest BCUT2D eigenvalue weighted by Gasteiger charge is -2.40. The number of hydrogen-bond donors (Lipinski definition) is 1. The molecule has 0 spiro atoms. The number of anilines is 1. The minimum Gasteiger partial charge on any atom is -0.369 e. The van der Waals surface area contributed by atoms with Crippen LogP contribution in [0.5, 0.6) is 0 Å². The number of carbonyl (C=O) groups is 1. The Morgan fingerprint density at radius 1 is 1.10 bits per heavy atom. The molecule has 1 saturated carbocycles. The zero-order valence-corrected chi connectivity index (χ0v) is 17.6. The van der Waals surface area contributed by atoms with Gasteiger partial charge in [0, 0.05) is 50.3 Å². The number of piperazine rings is 1. The number of rotatable bonds is 6. The summed E-state index contributed by atoms with van der Waals surface area (Å²) in [6.45, 7) is 10.1. The highest BCUT2D eigenvalue weighted by Gasteiger charge is 2.31. The molecule has 1 aliphatic heterocycles. The number of hydrogen-bond acceptors (Lipinski definition) is 4. The minimum atomic E-state index is 0.00381. The molecule has 29 heavy (non-hydrogen) atoms. The number of amides is 1. The molecule has 1 N–H and O–H groups in total. The molecule has 1 aromatic carbocycles. The fourth-order valence-electron chi connectivity index (χ4n) is 4.51. The first-order valence-electron chi connectivity index (χ1n) is 10.8. The number of carbonyl (C=O) groups excluding carboxylic acids is 1. The lowest BCUT2D eigenvalue weighted by Crippen LogP contribution is -2.48. The summed E-state index contributed by atoms with van der Waals surface area (Å²) < 4.78 is 0. The summed E-state index contributed by atoms with van der Waals surface area (Å²) in [7, 11) is 0. The molecule has 0 bridgehead atoms. The van der Waals surface area contributed by atoms with Crippen LogP contribution in [0.25, 0.3) is 0 Å². The Bertz CT molecular complexity index is 824. The van der Waals surface area contributed by atoms with Gasteiger partial charge >= 0.3 is 0 Å². The van der Waals surface area contributed by atoms with E-state index in [2.05, 4.69) is 52.1 Å². The van der Waals surface area contributed by atoms with Crippen molar-refractivity contribution in [2.45, 2.75) is 39.2 Å². The number of pyridine rings is 1. The predicted octanol–water partition coefficient (Wildman–Crippen LogP) is 3.42. The lowest BCUT2D eigenvalue weighted by atomic mass is 9.78. The maximum absolute atomic E-state index is 12.2. The molecule has 1 amide bonds. The summed E-state index contributed by atoms with van der Waals surface area (Å²) in [5.74, 6) is 0.746. The predicted molar refractivity (Wildman–Crippen MR) is 117 cm³/mol. The van der Waals surface area contributed by atoms with Crippen molar-refractivity contribution >= 4 is 11.6 Å². The van der Waals surface area contributed by atoms with E-state index in [1.807, 2.05) is 6.07 Å². The van der Waals surface area contributed by atoms with Crippen molar-refractivity contribution in [1.82, 2.24) is 15.2 Å². The lowest BCUT2D eigenvalue weighted by molar-refractivity contribution is 0.0877. The molecule has 2 heterocycles. The number of aryl methyl sites for hydroxylation is 1. The summed E-state index contributed by atoms with van der Waals surface area (Å²) in [5.41, 5.74) is 4.84. The highest BCUT2D eigenvalue weighted by molar-refractivity contribution is 5.94. The average Bonchev–Trinajstić information content (AvgIpc) is 2.72. The van der Waals surface area contributed by atoms with Crippen LogP contribution in [0.2, 0.25) is 0 Å². The SMILES string of the molecule is Cc1cccc(N2CCN(CCC3CC(NC(=O)c4cccnc4)C3)CC2)c1C. The largest absolute Gasteiger partial charge is 0.369 e. The fourth-order valence-corrected chi connectivity index (χ4v) is 4.51. The molecule has 5 nitrogen and oxygen atoms in total. The second kappa shape index (κ2) is 8.95. The Morgan fingerprint density at radius 3 is 2.62 bits per heavy atom. The molecule has 2 aromatic rings. The first-order chi connectivity index (χ1) is 14.1. The van der Waals surface area contributed by atoms with E-state index in [1.54, 1.807) is 18.5 Å². The molecular weight excluding hydrogens is 360 g/mol. The topological polar surface area (TPSA) is 48.5 Å². The molecule has 2 fully saturated rings. The maximum atomic E-state index is 12.2. The molecule has 1 aliphatic carbocycles. The molecule has 154 valence electrons. The van der Waals surface area contributed by atoms with Crippen LogP contribution in [-0.2, 0) is 0 Å². The van der Waals surface area contributed by atoms with Crippen LogP contribution in [-0.4, -0.2) is 54.6 Å². The first-order valence-corrected chi connectivity index (χ1v) is 10.8. The van der Waals surface area contributed by atoms with Gasteiger partial charge in [0.15, 0.2) is 0 Å². The summed E-state index contributed by atoms with van der Waals surface area (Å²) in [5, 5.41) is 3.14. The van der Waals surface area contributed by atoms with Crippen LogP contribution in [0.15, 0.2) is 42.7 Å². The quantitative estimate of drug-likeness (QED) is 0.818. The van der Waals surface area contributed by atoms with Crippen LogP contribution >= 0.6 is 0 Å². The molecule has 1 aromatic heterocycles. The Labute approximate surface area is 174 Å².